The second-order valence-corrected chi connectivity index (χ2v) is 12.3. The summed E-state index contributed by atoms with van der Waals surface area (Å²) in [7, 11) is -3.84. The van der Waals surface area contributed by atoms with Crippen molar-refractivity contribution in [1.29, 1.82) is 0 Å². The lowest BCUT2D eigenvalue weighted by atomic mass is 9.96. The standard InChI is InChI=1S/C25H27BrF4N2O4S/c1-37(34,35)31-24(33)20-11-19(16-2-3-16)23(12-22(20)27)36-14-15-6-8-32(9-7-15)13-17-4-5-18(26)10-21(17)25(28,29)30/h4-5,10-12,15-16H,2-3,6-9,13-14H2,1H3,(H,31,33). The van der Waals surface area contributed by atoms with Gasteiger partial charge in [0.05, 0.1) is 24.0 Å². The number of carbonyl (C=O) groups excluding carboxylic acids is 1. The highest BCUT2D eigenvalue weighted by Gasteiger charge is 2.34. The van der Waals surface area contributed by atoms with Crippen LogP contribution in [-0.2, 0) is 22.7 Å². The van der Waals surface area contributed by atoms with Crippen molar-refractivity contribution < 1.29 is 35.5 Å². The molecule has 37 heavy (non-hydrogen) atoms. The number of piperidine rings is 1. The summed E-state index contributed by atoms with van der Waals surface area (Å²) in [6.07, 6.45) is -0.447. The summed E-state index contributed by atoms with van der Waals surface area (Å²) in [5.41, 5.74) is -0.0860. The van der Waals surface area contributed by atoms with Crippen LogP contribution in [0.15, 0.2) is 34.8 Å². The molecule has 1 aliphatic carbocycles. The average molecular weight is 607 g/mol. The molecule has 0 radical (unpaired) electrons. The molecule has 0 aromatic heterocycles. The lowest BCUT2D eigenvalue weighted by molar-refractivity contribution is -0.138. The third kappa shape index (κ3) is 7.44. The molecule has 1 N–H and O–H groups in total. The van der Waals surface area contributed by atoms with Crippen LogP contribution in [-0.4, -0.2) is 45.2 Å². The fraction of sp³-hybridized carbons (Fsp3) is 0.480. The minimum absolute atomic E-state index is 0.121. The van der Waals surface area contributed by atoms with Gasteiger partial charge in [0, 0.05) is 17.1 Å². The summed E-state index contributed by atoms with van der Waals surface area (Å²) in [6, 6.07) is 6.70. The molecule has 1 amide bonds. The summed E-state index contributed by atoms with van der Waals surface area (Å²) >= 11 is 3.11. The number of carbonyl (C=O) groups is 1. The normalized spacial score (nSPS) is 17.6. The number of sulfonamides is 1. The van der Waals surface area contributed by atoms with E-state index in [9.17, 15) is 30.8 Å². The van der Waals surface area contributed by atoms with E-state index in [4.69, 9.17) is 4.74 Å². The van der Waals surface area contributed by atoms with E-state index in [0.717, 1.165) is 31.2 Å². The van der Waals surface area contributed by atoms with Crippen molar-refractivity contribution in [2.75, 3.05) is 26.0 Å². The highest BCUT2D eigenvalue weighted by Crippen LogP contribution is 2.45. The summed E-state index contributed by atoms with van der Waals surface area (Å²) < 4.78 is 85.9. The van der Waals surface area contributed by atoms with Gasteiger partial charge in [-0.1, -0.05) is 22.0 Å². The highest BCUT2D eigenvalue weighted by atomic mass is 79.9. The Balaban J connectivity index is 1.37. The first-order valence-electron chi connectivity index (χ1n) is 11.9. The molecule has 2 fully saturated rings. The van der Waals surface area contributed by atoms with E-state index >= 15 is 0 Å². The van der Waals surface area contributed by atoms with E-state index in [1.54, 1.807) is 10.8 Å². The Morgan fingerprint density at radius 3 is 2.41 bits per heavy atom. The quantitative estimate of drug-likeness (QED) is 0.404. The van der Waals surface area contributed by atoms with Gasteiger partial charge >= 0.3 is 6.18 Å². The second kappa shape index (κ2) is 10.9. The minimum atomic E-state index is -4.43. The Morgan fingerprint density at radius 1 is 1.14 bits per heavy atom. The maximum atomic E-state index is 14.7. The summed E-state index contributed by atoms with van der Waals surface area (Å²) in [4.78, 5) is 14.2. The number of rotatable bonds is 8. The molecule has 0 bridgehead atoms. The van der Waals surface area contributed by atoms with E-state index in [2.05, 4.69) is 15.9 Å². The largest absolute Gasteiger partial charge is 0.493 e. The Kier molecular flexibility index (Phi) is 8.20. The number of nitrogens with zero attached hydrogens (tertiary/aromatic N) is 1. The number of ether oxygens (including phenoxy) is 1. The number of amides is 1. The molecule has 2 aromatic carbocycles. The summed E-state index contributed by atoms with van der Waals surface area (Å²) in [6.45, 7) is 1.73. The van der Waals surface area contributed by atoms with Gasteiger partial charge in [-0.25, -0.2) is 17.5 Å². The topological polar surface area (TPSA) is 75.7 Å². The van der Waals surface area contributed by atoms with Gasteiger partial charge < -0.3 is 4.74 Å². The number of nitrogens with one attached hydrogen (secondary N) is 1. The molecule has 4 rings (SSSR count). The molecule has 12 heteroatoms. The van der Waals surface area contributed by atoms with Gasteiger partial charge in [0.25, 0.3) is 5.91 Å². The summed E-state index contributed by atoms with van der Waals surface area (Å²) in [5.74, 6) is -1.30. The van der Waals surface area contributed by atoms with E-state index in [1.807, 2.05) is 4.90 Å². The first-order chi connectivity index (χ1) is 17.3. The molecule has 0 atom stereocenters. The van der Waals surface area contributed by atoms with Crippen LogP contribution in [0, 0.1) is 11.7 Å². The Bertz CT molecular complexity index is 1270. The molecular formula is C25H27BrF4N2O4S. The van der Waals surface area contributed by atoms with Crippen molar-refractivity contribution in [2.45, 2.75) is 44.3 Å². The predicted octanol–water partition coefficient (Wildman–Crippen LogP) is 5.46. The van der Waals surface area contributed by atoms with Crippen molar-refractivity contribution in [3.05, 3.63) is 62.9 Å². The zero-order chi connectivity index (χ0) is 27.0. The average Bonchev–Trinajstić information content (AvgIpc) is 3.63. The fourth-order valence-corrected chi connectivity index (χ4v) is 5.33. The SMILES string of the molecule is CS(=O)(=O)NC(=O)c1cc(C2CC2)c(OCC2CCN(Cc3ccc(Br)cc3C(F)(F)F)CC2)cc1F. The number of likely N-dealkylation sites (tertiary alicyclic amines) is 1. The summed E-state index contributed by atoms with van der Waals surface area (Å²) in [5, 5.41) is 0. The number of hydrogen-bond donors (Lipinski definition) is 1. The number of halogens is 5. The number of benzene rings is 2. The van der Waals surface area contributed by atoms with Crippen LogP contribution < -0.4 is 9.46 Å². The molecule has 0 unspecified atom stereocenters. The van der Waals surface area contributed by atoms with Crippen LogP contribution >= 0.6 is 15.9 Å². The maximum absolute atomic E-state index is 14.7. The van der Waals surface area contributed by atoms with Crippen LogP contribution in [0.2, 0.25) is 0 Å². The van der Waals surface area contributed by atoms with Crippen molar-refractivity contribution >= 4 is 31.9 Å². The third-order valence-electron chi connectivity index (χ3n) is 6.59. The van der Waals surface area contributed by atoms with Crippen LogP contribution in [0.4, 0.5) is 17.6 Å². The molecule has 2 aliphatic rings. The van der Waals surface area contributed by atoms with Crippen molar-refractivity contribution in [3.8, 4) is 5.75 Å². The highest BCUT2D eigenvalue weighted by molar-refractivity contribution is 9.10. The Labute approximate surface area is 221 Å². The molecule has 1 saturated heterocycles. The van der Waals surface area contributed by atoms with Gasteiger partial charge in [-0.15, -0.1) is 0 Å². The fourth-order valence-electron chi connectivity index (χ4n) is 4.52. The van der Waals surface area contributed by atoms with Gasteiger partial charge in [0.2, 0.25) is 10.0 Å². The van der Waals surface area contributed by atoms with E-state index in [-0.39, 0.29) is 29.5 Å². The van der Waals surface area contributed by atoms with Crippen LogP contribution in [0.3, 0.4) is 0 Å². The van der Waals surface area contributed by atoms with Crippen LogP contribution in [0.5, 0.6) is 5.75 Å². The van der Waals surface area contributed by atoms with Gasteiger partial charge in [-0.05, 0) is 79.9 Å². The van der Waals surface area contributed by atoms with Crippen molar-refractivity contribution in [2.24, 2.45) is 5.92 Å². The lowest BCUT2D eigenvalue weighted by Gasteiger charge is -2.32. The smallest absolute Gasteiger partial charge is 0.416 e. The van der Waals surface area contributed by atoms with E-state index in [1.165, 1.54) is 12.1 Å². The van der Waals surface area contributed by atoms with Crippen LogP contribution in [0.1, 0.15) is 58.6 Å². The Hall–Kier alpha value is -2.18. The molecule has 1 heterocycles. The molecule has 2 aromatic rings. The monoisotopic (exact) mass is 606 g/mol. The third-order valence-corrected chi connectivity index (χ3v) is 7.64. The van der Waals surface area contributed by atoms with Crippen molar-refractivity contribution in [3.63, 3.8) is 0 Å². The van der Waals surface area contributed by atoms with Gasteiger partial charge in [0.1, 0.15) is 11.6 Å². The Morgan fingerprint density at radius 2 is 1.81 bits per heavy atom. The second-order valence-electron chi connectivity index (χ2n) is 9.68. The van der Waals surface area contributed by atoms with Crippen LogP contribution in [0.25, 0.3) is 0 Å². The molecular weight excluding hydrogens is 580 g/mol. The van der Waals surface area contributed by atoms with Gasteiger partial charge in [0.15, 0.2) is 0 Å². The lowest BCUT2D eigenvalue weighted by Crippen LogP contribution is -2.35. The first-order valence-corrected chi connectivity index (χ1v) is 14.5. The molecule has 202 valence electrons. The first kappa shape index (κ1) is 27.8. The minimum Gasteiger partial charge on any atom is -0.493 e. The maximum Gasteiger partial charge on any atom is 0.416 e. The van der Waals surface area contributed by atoms with Crippen molar-refractivity contribution in [1.82, 2.24) is 9.62 Å². The zero-order valence-corrected chi connectivity index (χ0v) is 22.5. The number of alkyl halides is 3. The molecule has 0 spiro atoms. The number of hydrogen-bond acceptors (Lipinski definition) is 5. The van der Waals surface area contributed by atoms with E-state index in [0.29, 0.717) is 48.3 Å². The zero-order valence-electron chi connectivity index (χ0n) is 20.1. The molecule has 6 nitrogen and oxygen atoms in total. The predicted molar refractivity (Wildman–Crippen MR) is 133 cm³/mol. The van der Waals surface area contributed by atoms with E-state index < -0.39 is 33.5 Å². The van der Waals surface area contributed by atoms with Gasteiger partial charge in [-0.3, -0.25) is 9.69 Å². The molecule has 1 aliphatic heterocycles. The molecule has 1 saturated carbocycles. The van der Waals surface area contributed by atoms with Gasteiger partial charge in [-0.2, -0.15) is 13.2 Å².